The second kappa shape index (κ2) is 4.49. The van der Waals surface area contributed by atoms with Gasteiger partial charge in [0.2, 0.25) is 0 Å². The molecule has 0 saturated heterocycles. The van der Waals surface area contributed by atoms with Crippen molar-refractivity contribution < 1.29 is 0 Å². The van der Waals surface area contributed by atoms with Gasteiger partial charge < -0.3 is 11.5 Å². The largest absolute Gasteiger partial charge is 0.381 e. The third-order valence-electron chi connectivity index (χ3n) is 1.09. The van der Waals surface area contributed by atoms with Crippen LogP contribution < -0.4 is 11.5 Å². The van der Waals surface area contributed by atoms with E-state index in [1.807, 2.05) is 0 Å². The first kappa shape index (κ1) is 9.57. The third kappa shape index (κ3) is 2.51. The molecule has 1 rings (SSSR count). The molecule has 1 heterocycles. The van der Waals surface area contributed by atoms with Crippen LogP contribution in [0.2, 0.25) is 5.15 Å². The molecule has 66 valence electrons. The standard InChI is InChI=1S/C6H9ClN4S/c7-4-3-10-6(5(9)11-4)12-2-1-8/h3H,1-2,8H2,(H2,9,11). The summed E-state index contributed by atoms with van der Waals surface area (Å²) in [7, 11) is 0. The van der Waals surface area contributed by atoms with Crippen LogP contribution in [0.1, 0.15) is 0 Å². The SMILES string of the molecule is NCCSc1ncc(Cl)nc1N. The minimum atomic E-state index is 0.310. The van der Waals surface area contributed by atoms with E-state index in [1.165, 1.54) is 18.0 Å². The van der Waals surface area contributed by atoms with Crippen LogP contribution in [0.4, 0.5) is 5.82 Å². The molecule has 0 fully saturated rings. The van der Waals surface area contributed by atoms with Crippen molar-refractivity contribution in [2.45, 2.75) is 5.03 Å². The summed E-state index contributed by atoms with van der Waals surface area (Å²) in [5.74, 6) is 1.14. The maximum atomic E-state index is 5.56. The lowest BCUT2D eigenvalue weighted by atomic mass is 10.7. The van der Waals surface area contributed by atoms with Gasteiger partial charge in [0.05, 0.1) is 6.20 Å². The maximum absolute atomic E-state index is 5.56. The van der Waals surface area contributed by atoms with Crippen LogP contribution in [0.3, 0.4) is 0 Å². The van der Waals surface area contributed by atoms with Crippen LogP contribution in [0.15, 0.2) is 11.2 Å². The molecule has 0 aliphatic carbocycles. The van der Waals surface area contributed by atoms with E-state index in [4.69, 9.17) is 23.1 Å². The van der Waals surface area contributed by atoms with E-state index in [1.54, 1.807) is 0 Å². The molecular weight excluding hydrogens is 196 g/mol. The molecule has 0 aliphatic rings. The van der Waals surface area contributed by atoms with Crippen molar-refractivity contribution in [2.24, 2.45) is 5.73 Å². The topological polar surface area (TPSA) is 77.8 Å². The number of nitrogen functional groups attached to an aromatic ring is 1. The van der Waals surface area contributed by atoms with Gasteiger partial charge in [-0.05, 0) is 0 Å². The summed E-state index contributed by atoms with van der Waals surface area (Å²) < 4.78 is 0. The zero-order valence-corrected chi connectivity index (χ0v) is 7.90. The van der Waals surface area contributed by atoms with Crippen molar-refractivity contribution in [1.29, 1.82) is 0 Å². The van der Waals surface area contributed by atoms with Gasteiger partial charge in [-0.1, -0.05) is 11.6 Å². The predicted molar refractivity (Wildman–Crippen MR) is 51.2 cm³/mol. The Balaban J connectivity index is 2.72. The van der Waals surface area contributed by atoms with E-state index < -0.39 is 0 Å². The Morgan fingerprint density at radius 1 is 1.58 bits per heavy atom. The fourth-order valence-corrected chi connectivity index (χ4v) is 1.41. The van der Waals surface area contributed by atoms with Crippen LogP contribution in [0, 0.1) is 0 Å². The van der Waals surface area contributed by atoms with Gasteiger partial charge >= 0.3 is 0 Å². The van der Waals surface area contributed by atoms with E-state index >= 15 is 0 Å². The minimum absolute atomic E-state index is 0.310. The Bertz CT molecular complexity index is 268. The lowest BCUT2D eigenvalue weighted by Gasteiger charge is -2.01. The highest BCUT2D eigenvalue weighted by Crippen LogP contribution is 2.20. The van der Waals surface area contributed by atoms with Gasteiger partial charge in [-0.25, -0.2) is 9.97 Å². The number of hydrogen-bond acceptors (Lipinski definition) is 5. The smallest absolute Gasteiger partial charge is 0.157 e. The Morgan fingerprint density at radius 3 is 2.92 bits per heavy atom. The summed E-state index contributed by atoms with van der Waals surface area (Å²) >= 11 is 7.04. The number of nitrogens with two attached hydrogens (primary N) is 2. The molecule has 0 bridgehead atoms. The number of rotatable bonds is 3. The molecule has 0 aromatic carbocycles. The summed E-state index contributed by atoms with van der Waals surface area (Å²) in [4.78, 5) is 7.85. The van der Waals surface area contributed by atoms with Crippen molar-refractivity contribution in [2.75, 3.05) is 18.0 Å². The Morgan fingerprint density at radius 2 is 2.33 bits per heavy atom. The van der Waals surface area contributed by atoms with Gasteiger partial charge in [0.1, 0.15) is 10.2 Å². The maximum Gasteiger partial charge on any atom is 0.157 e. The fraction of sp³-hybridized carbons (Fsp3) is 0.333. The number of thioether (sulfide) groups is 1. The number of hydrogen-bond donors (Lipinski definition) is 2. The van der Waals surface area contributed by atoms with E-state index in [2.05, 4.69) is 9.97 Å². The van der Waals surface area contributed by atoms with Crippen LogP contribution in [0.25, 0.3) is 0 Å². The molecule has 0 unspecified atom stereocenters. The zero-order valence-electron chi connectivity index (χ0n) is 6.33. The fourth-order valence-electron chi connectivity index (χ4n) is 0.637. The second-order valence-electron chi connectivity index (χ2n) is 2.02. The van der Waals surface area contributed by atoms with E-state index in [9.17, 15) is 0 Å². The highest BCUT2D eigenvalue weighted by atomic mass is 35.5. The molecule has 0 aliphatic heterocycles. The molecule has 4 nitrogen and oxygen atoms in total. The van der Waals surface area contributed by atoms with E-state index in [-0.39, 0.29) is 0 Å². The number of halogens is 1. The van der Waals surface area contributed by atoms with E-state index in [0.29, 0.717) is 22.5 Å². The van der Waals surface area contributed by atoms with Crippen molar-refractivity contribution in [1.82, 2.24) is 9.97 Å². The molecule has 0 amide bonds. The summed E-state index contributed by atoms with van der Waals surface area (Å²) in [6.45, 7) is 0.592. The molecule has 0 spiro atoms. The number of aromatic nitrogens is 2. The molecule has 6 heteroatoms. The van der Waals surface area contributed by atoms with Gasteiger partial charge in [0, 0.05) is 12.3 Å². The highest BCUT2D eigenvalue weighted by molar-refractivity contribution is 7.99. The van der Waals surface area contributed by atoms with Crippen LogP contribution in [-0.2, 0) is 0 Å². The first-order valence-electron chi connectivity index (χ1n) is 3.35. The number of anilines is 1. The summed E-state index contributed by atoms with van der Waals surface area (Å²) in [5.41, 5.74) is 10.9. The number of nitrogens with zero attached hydrogens (tertiary/aromatic N) is 2. The first-order chi connectivity index (χ1) is 5.74. The van der Waals surface area contributed by atoms with Gasteiger partial charge in [-0.3, -0.25) is 0 Å². The van der Waals surface area contributed by atoms with Crippen LogP contribution >= 0.6 is 23.4 Å². The average Bonchev–Trinajstić information content (AvgIpc) is 2.03. The van der Waals surface area contributed by atoms with Gasteiger partial charge in [-0.2, -0.15) is 0 Å². The normalized spacial score (nSPS) is 10.2. The predicted octanol–water partition coefficient (Wildman–Crippen LogP) is 0.763. The van der Waals surface area contributed by atoms with Gasteiger partial charge in [0.25, 0.3) is 0 Å². The summed E-state index contributed by atoms with van der Waals surface area (Å²) in [6, 6.07) is 0. The Hall–Kier alpha value is -0.520. The van der Waals surface area contributed by atoms with E-state index in [0.717, 1.165) is 5.75 Å². The van der Waals surface area contributed by atoms with Crippen LogP contribution in [0.5, 0.6) is 0 Å². The minimum Gasteiger partial charge on any atom is -0.381 e. The Labute approximate surface area is 79.7 Å². The van der Waals surface area contributed by atoms with Crippen molar-refractivity contribution >= 4 is 29.2 Å². The summed E-state index contributed by atoms with van der Waals surface area (Å²) in [6.07, 6.45) is 1.47. The van der Waals surface area contributed by atoms with Crippen molar-refractivity contribution in [3.05, 3.63) is 11.3 Å². The average molecular weight is 205 g/mol. The van der Waals surface area contributed by atoms with Crippen molar-refractivity contribution in [3.63, 3.8) is 0 Å². The quantitative estimate of drug-likeness (QED) is 0.711. The molecular formula is C6H9ClN4S. The lowest BCUT2D eigenvalue weighted by Crippen LogP contribution is -2.03. The molecule has 4 N–H and O–H groups in total. The molecule has 12 heavy (non-hydrogen) atoms. The highest BCUT2D eigenvalue weighted by Gasteiger charge is 2.02. The molecule has 1 aromatic rings. The third-order valence-corrected chi connectivity index (χ3v) is 2.30. The first-order valence-corrected chi connectivity index (χ1v) is 4.71. The lowest BCUT2D eigenvalue weighted by molar-refractivity contribution is 1.06. The van der Waals surface area contributed by atoms with Crippen LogP contribution in [-0.4, -0.2) is 22.3 Å². The summed E-state index contributed by atoms with van der Waals surface area (Å²) in [5, 5.41) is 0.995. The monoisotopic (exact) mass is 204 g/mol. The zero-order chi connectivity index (χ0) is 8.97. The molecule has 1 aromatic heterocycles. The molecule has 0 atom stereocenters. The molecule has 0 radical (unpaired) electrons. The van der Waals surface area contributed by atoms with Gasteiger partial charge in [-0.15, -0.1) is 11.8 Å². The van der Waals surface area contributed by atoms with Gasteiger partial charge in [0.15, 0.2) is 5.82 Å². The molecule has 0 saturated carbocycles. The Kier molecular flexibility index (Phi) is 3.58. The van der Waals surface area contributed by atoms with Crippen molar-refractivity contribution in [3.8, 4) is 0 Å². The second-order valence-corrected chi connectivity index (χ2v) is 3.49.